The molecular weight excluding hydrogens is 651 g/mol. The largest absolute Gasteiger partial charge is 0.278 e. The van der Waals surface area contributed by atoms with Gasteiger partial charge in [-0.25, -0.2) is 9.97 Å². The molecule has 242 valence electrons. The molecule has 52 heavy (non-hydrogen) atoms. The van der Waals surface area contributed by atoms with Crippen LogP contribution in [0.15, 0.2) is 176 Å². The molecule has 0 saturated heterocycles. The molecule has 3 aromatic heterocycles. The molecule has 0 atom stereocenters. The summed E-state index contributed by atoms with van der Waals surface area (Å²) in [4.78, 5) is 10.6. The minimum absolute atomic E-state index is 0.662. The Bertz CT molecular complexity index is 3190. The third-order valence-corrected chi connectivity index (χ3v) is 11.6. The fourth-order valence-electron chi connectivity index (χ4n) is 7.95. The van der Waals surface area contributed by atoms with Gasteiger partial charge in [0.1, 0.15) is 0 Å². The van der Waals surface area contributed by atoms with Crippen molar-refractivity contribution in [3.63, 3.8) is 0 Å². The Hall–Kier alpha value is -6.62. The van der Waals surface area contributed by atoms with Gasteiger partial charge in [0.05, 0.1) is 22.2 Å². The standard InChI is InChI=1S/C48H29N3S/c1-2-11-30(12-3-1)32-13-10-14-35(27-32)47-37-16-4-7-18-41(37)49-48(50-47)51-42-19-8-5-17-38(42)46-39-28-33(22-21-31(39)23-25-43(46)51)34-24-26-45-40(29-34)36-15-6-9-20-44(36)52-45/h1-29H. The summed E-state index contributed by atoms with van der Waals surface area (Å²) in [7, 11) is 0. The summed E-state index contributed by atoms with van der Waals surface area (Å²) in [5.74, 6) is 0.662. The summed E-state index contributed by atoms with van der Waals surface area (Å²) in [5, 5.41) is 8.48. The minimum Gasteiger partial charge on any atom is -0.278 e. The van der Waals surface area contributed by atoms with E-state index in [0.29, 0.717) is 5.95 Å². The Labute approximate surface area is 303 Å². The fourth-order valence-corrected chi connectivity index (χ4v) is 9.04. The van der Waals surface area contributed by atoms with Gasteiger partial charge in [-0.2, -0.15) is 0 Å². The Kier molecular flexibility index (Phi) is 6.42. The number of thiophene rings is 1. The van der Waals surface area contributed by atoms with Gasteiger partial charge < -0.3 is 0 Å². The van der Waals surface area contributed by atoms with Crippen molar-refractivity contribution in [3.05, 3.63) is 176 Å². The second-order valence-corrected chi connectivity index (χ2v) is 14.5. The van der Waals surface area contributed by atoms with Crippen LogP contribution in [-0.2, 0) is 0 Å². The van der Waals surface area contributed by atoms with Gasteiger partial charge in [0, 0.05) is 41.9 Å². The molecule has 0 unspecified atom stereocenters. The second kappa shape index (κ2) is 11.5. The smallest absolute Gasteiger partial charge is 0.235 e. The van der Waals surface area contributed by atoms with Crippen LogP contribution >= 0.6 is 11.3 Å². The minimum atomic E-state index is 0.662. The van der Waals surface area contributed by atoms with E-state index in [2.05, 4.69) is 180 Å². The normalized spacial score (nSPS) is 11.8. The van der Waals surface area contributed by atoms with E-state index >= 15 is 0 Å². The van der Waals surface area contributed by atoms with Crippen molar-refractivity contribution in [2.45, 2.75) is 0 Å². The first-order valence-corrected chi connectivity index (χ1v) is 18.4. The van der Waals surface area contributed by atoms with Crippen molar-refractivity contribution in [2.24, 2.45) is 0 Å². The zero-order valence-electron chi connectivity index (χ0n) is 28.0. The number of hydrogen-bond donors (Lipinski definition) is 0. The average molecular weight is 680 g/mol. The molecule has 3 heterocycles. The van der Waals surface area contributed by atoms with E-state index in [-0.39, 0.29) is 0 Å². The van der Waals surface area contributed by atoms with E-state index in [1.54, 1.807) is 0 Å². The van der Waals surface area contributed by atoms with Crippen LogP contribution in [0.1, 0.15) is 0 Å². The predicted octanol–water partition coefficient (Wildman–Crippen LogP) is 13.2. The maximum atomic E-state index is 5.40. The highest BCUT2D eigenvalue weighted by atomic mass is 32.1. The lowest BCUT2D eigenvalue weighted by molar-refractivity contribution is 1.01. The van der Waals surface area contributed by atoms with Gasteiger partial charge in [-0.05, 0) is 81.6 Å². The van der Waals surface area contributed by atoms with Gasteiger partial charge in [-0.15, -0.1) is 11.3 Å². The molecule has 0 saturated carbocycles. The van der Waals surface area contributed by atoms with Gasteiger partial charge >= 0.3 is 0 Å². The number of para-hydroxylation sites is 2. The summed E-state index contributed by atoms with van der Waals surface area (Å²) < 4.78 is 4.89. The Morgan fingerprint density at radius 3 is 1.94 bits per heavy atom. The average Bonchev–Trinajstić information content (AvgIpc) is 3.76. The lowest BCUT2D eigenvalue weighted by Gasteiger charge is -2.13. The van der Waals surface area contributed by atoms with Crippen LogP contribution in [0.4, 0.5) is 0 Å². The van der Waals surface area contributed by atoms with Crippen LogP contribution in [0.25, 0.3) is 103 Å². The van der Waals surface area contributed by atoms with Gasteiger partial charge in [0.25, 0.3) is 0 Å². The summed E-state index contributed by atoms with van der Waals surface area (Å²) in [6, 6.07) is 63.1. The van der Waals surface area contributed by atoms with Crippen LogP contribution in [0.3, 0.4) is 0 Å². The van der Waals surface area contributed by atoms with Gasteiger partial charge in [0.2, 0.25) is 5.95 Å². The zero-order chi connectivity index (χ0) is 34.2. The van der Waals surface area contributed by atoms with Crippen LogP contribution in [0, 0.1) is 0 Å². The molecule has 0 radical (unpaired) electrons. The molecule has 0 bridgehead atoms. The molecule has 0 fully saturated rings. The van der Waals surface area contributed by atoms with E-state index in [4.69, 9.17) is 9.97 Å². The molecule has 8 aromatic carbocycles. The zero-order valence-corrected chi connectivity index (χ0v) is 28.8. The van der Waals surface area contributed by atoms with Gasteiger partial charge in [-0.3, -0.25) is 4.57 Å². The van der Waals surface area contributed by atoms with E-state index < -0.39 is 0 Å². The molecule has 0 aliphatic rings. The van der Waals surface area contributed by atoms with Crippen LogP contribution in [0.5, 0.6) is 0 Å². The fraction of sp³-hybridized carbons (Fsp3) is 0. The molecule has 3 nitrogen and oxygen atoms in total. The molecule has 11 aromatic rings. The number of fused-ring (bicyclic) bond motifs is 9. The van der Waals surface area contributed by atoms with Gasteiger partial charge in [0.15, 0.2) is 0 Å². The summed E-state index contributed by atoms with van der Waals surface area (Å²) in [6.45, 7) is 0. The highest BCUT2D eigenvalue weighted by molar-refractivity contribution is 7.25. The molecule has 0 amide bonds. The first-order chi connectivity index (χ1) is 25.8. The lowest BCUT2D eigenvalue weighted by atomic mass is 9.97. The van der Waals surface area contributed by atoms with Crippen LogP contribution in [0.2, 0.25) is 0 Å². The molecule has 0 aliphatic heterocycles. The second-order valence-electron chi connectivity index (χ2n) is 13.4. The van der Waals surface area contributed by atoms with E-state index in [1.165, 1.54) is 58.4 Å². The molecule has 4 heteroatoms. The van der Waals surface area contributed by atoms with Crippen molar-refractivity contribution < 1.29 is 0 Å². The summed E-state index contributed by atoms with van der Waals surface area (Å²) >= 11 is 1.86. The number of hydrogen-bond acceptors (Lipinski definition) is 3. The van der Waals surface area contributed by atoms with Crippen LogP contribution < -0.4 is 0 Å². The highest BCUT2D eigenvalue weighted by Gasteiger charge is 2.19. The molecular formula is C48H29N3S. The SMILES string of the molecule is c1ccc(-c2cccc(-c3nc(-n4c5ccccc5c5c6cc(-c7ccc8sc9ccccc9c8c7)ccc6ccc54)nc4ccccc34)c2)cc1. The monoisotopic (exact) mass is 679 g/mol. The predicted molar refractivity (Wildman–Crippen MR) is 221 cm³/mol. The van der Waals surface area contributed by atoms with E-state index in [9.17, 15) is 0 Å². The maximum absolute atomic E-state index is 5.40. The van der Waals surface area contributed by atoms with Crippen molar-refractivity contribution >= 4 is 75.0 Å². The van der Waals surface area contributed by atoms with Crippen LogP contribution in [-0.4, -0.2) is 14.5 Å². The third-order valence-electron chi connectivity index (χ3n) is 10.4. The van der Waals surface area contributed by atoms with Gasteiger partial charge in [-0.1, -0.05) is 127 Å². The lowest BCUT2D eigenvalue weighted by Crippen LogP contribution is -2.03. The Balaban J connectivity index is 1.14. The summed E-state index contributed by atoms with van der Waals surface area (Å²) in [5.41, 5.74) is 9.84. The Morgan fingerprint density at radius 1 is 0.385 bits per heavy atom. The number of benzene rings is 8. The van der Waals surface area contributed by atoms with Crippen molar-refractivity contribution in [2.75, 3.05) is 0 Å². The quantitative estimate of drug-likeness (QED) is 0.185. The first-order valence-electron chi connectivity index (χ1n) is 17.6. The number of aromatic nitrogens is 3. The summed E-state index contributed by atoms with van der Waals surface area (Å²) in [6.07, 6.45) is 0. The van der Waals surface area contributed by atoms with Crippen molar-refractivity contribution in [3.8, 4) is 39.5 Å². The number of rotatable bonds is 4. The highest BCUT2D eigenvalue weighted by Crippen LogP contribution is 2.41. The van der Waals surface area contributed by atoms with Crippen molar-refractivity contribution in [1.29, 1.82) is 0 Å². The molecule has 0 spiro atoms. The molecule has 0 aliphatic carbocycles. The number of nitrogens with zero attached hydrogens (tertiary/aromatic N) is 3. The van der Waals surface area contributed by atoms with E-state index in [1.807, 2.05) is 11.3 Å². The molecule has 0 N–H and O–H groups in total. The third kappa shape index (κ3) is 4.51. The topological polar surface area (TPSA) is 30.7 Å². The maximum Gasteiger partial charge on any atom is 0.235 e. The van der Waals surface area contributed by atoms with E-state index in [0.717, 1.165) is 38.8 Å². The first kappa shape index (κ1) is 29.1. The molecule has 11 rings (SSSR count). The van der Waals surface area contributed by atoms with Crippen molar-refractivity contribution in [1.82, 2.24) is 14.5 Å². The Morgan fingerprint density at radius 2 is 1.04 bits per heavy atom.